The maximum absolute atomic E-state index is 11.8. The van der Waals surface area contributed by atoms with E-state index in [1.807, 2.05) is 6.92 Å². The predicted octanol–water partition coefficient (Wildman–Crippen LogP) is -0.306. The van der Waals surface area contributed by atoms with Crippen molar-refractivity contribution in [2.24, 2.45) is 0 Å². The van der Waals surface area contributed by atoms with E-state index in [9.17, 15) is 16.8 Å². The van der Waals surface area contributed by atoms with Gasteiger partial charge in [0.1, 0.15) is 0 Å². The third kappa shape index (κ3) is 3.64. The first-order valence-electron chi connectivity index (χ1n) is 5.79. The molecule has 1 aliphatic rings. The number of hydrogen-bond donors (Lipinski definition) is 0. The molecule has 0 bridgehead atoms. The first kappa shape index (κ1) is 14.9. The lowest BCUT2D eigenvalue weighted by atomic mass is 10.4. The van der Waals surface area contributed by atoms with Crippen LogP contribution in [0.2, 0.25) is 0 Å². The fourth-order valence-electron chi connectivity index (χ4n) is 1.80. The fraction of sp³-hybridized carbons (Fsp3) is 1.00. The van der Waals surface area contributed by atoms with Crippen LogP contribution in [0, 0.1) is 0 Å². The Morgan fingerprint density at radius 2 is 1.24 bits per heavy atom. The van der Waals surface area contributed by atoms with E-state index in [2.05, 4.69) is 0 Å². The molecule has 0 amide bonds. The topological polar surface area (TPSA) is 74.8 Å². The molecule has 1 aliphatic heterocycles. The molecule has 0 aromatic heterocycles. The molecule has 1 saturated heterocycles. The summed E-state index contributed by atoms with van der Waals surface area (Å²) in [5, 5.41) is 0. The molecule has 1 rings (SSSR count). The van der Waals surface area contributed by atoms with Gasteiger partial charge in [0.25, 0.3) is 0 Å². The maximum Gasteiger partial charge on any atom is 0.214 e. The van der Waals surface area contributed by atoms with Gasteiger partial charge in [0.15, 0.2) is 0 Å². The lowest BCUT2D eigenvalue weighted by Gasteiger charge is -2.32. The summed E-state index contributed by atoms with van der Waals surface area (Å²) in [6.07, 6.45) is 0.579. The Kier molecular flexibility index (Phi) is 4.94. The Labute approximate surface area is 104 Å². The Bertz CT molecular complexity index is 436. The molecule has 102 valence electrons. The molecule has 0 radical (unpaired) electrons. The van der Waals surface area contributed by atoms with Crippen LogP contribution in [0.1, 0.15) is 20.3 Å². The third-order valence-corrected chi connectivity index (χ3v) is 6.77. The Morgan fingerprint density at radius 3 is 1.59 bits per heavy atom. The van der Waals surface area contributed by atoms with Gasteiger partial charge in [0.2, 0.25) is 20.0 Å². The van der Waals surface area contributed by atoms with Crippen molar-refractivity contribution in [3.8, 4) is 0 Å². The van der Waals surface area contributed by atoms with Crippen molar-refractivity contribution in [3.63, 3.8) is 0 Å². The monoisotopic (exact) mass is 284 g/mol. The van der Waals surface area contributed by atoms with Crippen molar-refractivity contribution in [2.75, 3.05) is 37.7 Å². The second-order valence-corrected chi connectivity index (χ2v) is 8.36. The SMILES string of the molecule is CCCS(=O)(=O)N1CCN(S(=O)(=O)CC)CC1. The van der Waals surface area contributed by atoms with E-state index in [1.165, 1.54) is 8.61 Å². The molecule has 1 fully saturated rings. The van der Waals surface area contributed by atoms with Gasteiger partial charge in [-0.15, -0.1) is 0 Å². The minimum Gasteiger partial charge on any atom is -0.212 e. The molecule has 0 saturated carbocycles. The summed E-state index contributed by atoms with van der Waals surface area (Å²) in [4.78, 5) is 0. The van der Waals surface area contributed by atoms with Crippen LogP contribution in [0.15, 0.2) is 0 Å². The van der Waals surface area contributed by atoms with Gasteiger partial charge in [0, 0.05) is 26.2 Å². The summed E-state index contributed by atoms with van der Waals surface area (Å²) >= 11 is 0. The Morgan fingerprint density at radius 1 is 0.824 bits per heavy atom. The first-order valence-corrected chi connectivity index (χ1v) is 9.01. The van der Waals surface area contributed by atoms with E-state index in [1.54, 1.807) is 6.92 Å². The zero-order chi connectivity index (χ0) is 13.1. The molecule has 0 unspecified atom stereocenters. The smallest absolute Gasteiger partial charge is 0.212 e. The highest BCUT2D eigenvalue weighted by Gasteiger charge is 2.30. The van der Waals surface area contributed by atoms with E-state index >= 15 is 0 Å². The number of nitrogens with zero attached hydrogens (tertiary/aromatic N) is 2. The second-order valence-electron chi connectivity index (χ2n) is 4.01. The lowest BCUT2D eigenvalue weighted by Crippen LogP contribution is -2.51. The summed E-state index contributed by atoms with van der Waals surface area (Å²) in [5.74, 6) is 0.197. The van der Waals surface area contributed by atoms with Gasteiger partial charge in [0.05, 0.1) is 11.5 Å². The fourth-order valence-corrected chi connectivity index (χ4v) is 4.37. The summed E-state index contributed by atoms with van der Waals surface area (Å²) in [7, 11) is -6.39. The minimum atomic E-state index is -3.20. The van der Waals surface area contributed by atoms with Crippen molar-refractivity contribution >= 4 is 20.0 Å². The average molecular weight is 284 g/mol. The Balaban J connectivity index is 2.64. The third-order valence-electron chi connectivity index (χ3n) is 2.81. The molecule has 0 aliphatic carbocycles. The molecule has 17 heavy (non-hydrogen) atoms. The van der Waals surface area contributed by atoms with Crippen LogP contribution in [0.25, 0.3) is 0 Å². The van der Waals surface area contributed by atoms with Gasteiger partial charge < -0.3 is 0 Å². The van der Waals surface area contributed by atoms with Crippen LogP contribution in [0.5, 0.6) is 0 Å². The van der Waals surface area contributed by atoms with Gasteiger partial charge in [-0.3, -0.25) is 0 Å². The number of sulfonamides is 2. The van der Waals surface area contributed by atoms with Crippen LogP contribution in [-0.4, -0.2) is 63.1 Å². The van der Waals surface area contributed by atoms with Crippen LogP contribution >= 0.6 is 0 Å². The van der Waals surface area contributed by atoms with Gasteiger partial charge in [-0.1, -0.05) is 6.92 Å². The van der Waals surface area contributed by atoms with Crippen LogP contribution < -0.4 is 0 Å². The van der Waals surface area contributed by atoms with E-state index in [0.717, 1.165) is 0 Å². The summed E-state index contributed by atoms with van der Waals surface area (Å²) < 4.78 is 49.5. The van der Waals surface area contributed by atoms with Gasteiger partial charge in [-0.25, -0.2) is 16.8 Å². The number of hydrogen-bond acceptors (Lipinski definition) is 4. The number of piperazine rings is 1. The highest BCUT2D eigenvalue weighted by Crippen LogP contribution is 2.12. The summed E-state index contributed by atoms with van der Waals surface area (Å²) in [6.45, 7) is 4.46. The van der Waals surface area contributed by atoms with Crippen molar-refractivity contribution in [1.82, 2.24) is 8.61 Å². The zero-order valence-electron chi connectivity index (χ0n) is 10.3. The van der Waals surface area contributed by atoms with Crippen LogP contribution in [-0.2, 0) is 20.0 Å². The van der Waals surface area contributed by atoms with Crippen LogP contribution in [0.3, 0.4) is 0 Å². The first-order chi connectivity index (χ1) is 7.83. The van der Waals surface area contributed by atoms with Gasteiger partial charge in [-0.05, 0) is 13.3 Å². The largest absolute Gasteiger partial charge is 0.214 e. The van der Waals surface area contributed by atoms with Crippen molar-refractivity contribution in [2.45, 2.75) is 20.3 Å². The molecular weight excluding hydrogens is 264 g/mol. The van der Waals surface area contributed by atoms with Crippen molar-refractivity contribution < 1.29 is 16.8 Å². The normalized spacial score (nSPS) is 20.6. The predicted molar refractivity (Wildman–Crippen MR) is 66.7 cm³/mol. The Hall–Kier alpha value is -0.180. The summed E-state index contributed by atoms with van der Waals surface area (Å²) in [6, 6.07) is 0. The molecule has 6 nitrogen and oxygen atoms in total. The molecule has 0 N–H and O–H groups in total. The molecule has 0 aromatic carbocycles. The second kappa shape index (κ2) is 5.64. The molecular formula is C9H20N2O4S2. The van der Waals surface area contributed by atoms with Gasteiger partial charge in [-0.2, -0.15) is 8.61 Å². The molecule has 1 heterocycles. The average Bonchev–Trinajstić information content (AvgIpc) is 2.29. The minimum absolute atomic E-state index is 0.0642. The van der Waals surface area contributed by atoms with Crippen molar-refractivity contribution in [3.05, 3.63) is 0 Å². The van der Waals surface area contributed by atoms with E-state index in [-0.39, 0.29) is 37.7 Å². The van der Waals surface area contributed by atoms with E-state index in [0.29, 0.717) is 6.42 Å². The summed E-state index contributed by atoms with van der Waals surface area (Å²) in [5.41, 5.74) is 0. The highest BCUT2D eigenvalue weighted by atomic mass is 32.2. The van der Waals surface area contributed by atoms with Gasteiger partial charge >= 0.3 is 0 Å². The highest BCUT2D eigenvalue weighted by molar-refractivity contribution is 7.89. The molecule has 0 spiro atoms. The molecule has 8 heteroatoms. The molecule has 0 aromatic rings. The van der Waals surface area contributed by atoms with Crippen molar-refractivity contribution in [1.29, 1.82) is 0 Å². The lowest BCUT2D eigenvalue weighted by molar-refractivity contribution is 0.273. The standard InChI is InChI=1S/C9H20N2O4S2/c1-3-9-17(14,15)11-7-5-10(6-8-11)16(12,13)4-2/h3-9H2,1-2H3. The van der Waals surface area contributed by atoms with E-state index in [4.69, 9.17) is 0 Å². The zero-order valence-corrected chi connectivity index (χ0v) is 11.9. The van der Waals surface area contributed by atoms with E-state index < -0.39 is 20.0 Å². The quantitative estimate of drug-likeness (QED) is 0.694. The van der Waals surface area contributed by atoms with Crippen LogP contribution in [0.4, 0.5) is 0 Å². The number of rotatable bonds is 5. The molecule has 0 atom stereocenters. The maximum atomic E-state index is 11.8.